The third-order valence-corrected chi connectivity index (χ3v) is 4.24. The molecule has 0 aliphatic carbocycles. The summed E-state index contributed by atoms with van der Waals surface area (Å²) < 4.78 is 30.4. The molecule has 15 heavy (non-hydrogen) atoms. The van der Waals surface area contributed by atoms with Gasteiger partial charge in [-0.1, -0.05) is 6.07 Å². The van der Waals surface area contributed by atoms with Crippen LogP contribution in [0.15, 0.2) is 40.9 Å². The summed E-state index contributed by atoms with van der Waals surface area (Å²) in [5.41, 5.74) is 0.831. The summed E-state index contributed by atoms with van der Waals surface area (Å²) in [5.74, 6) is 0. The fraction of sp³-hybridized carbons (Fsp3) is 0. The number of nitrogens with zero attached hydrogens (tertiary/aromatic N) is 1. The zero-order chi connectivity index (χ0) is 10.9. The second kappa shape index (κ2) is 3.73. The van der Waals surface area contributed by atoms with E-state index in [2.05, 4.69) is 4.98 Å². The Bertz CT molecular complexity index is 560. The first-order valence-corrected chi connectivity index (χ1v) is 6.31. The summed E-state index contributed by atoms with van der Waals surface area (Å²) in [6.07, 6.45) is 3.28. The summed E-state index contributed by atoms with van der Waals surface area (Å²) in [6.45, 7) is 0. The molecule has 6 heteroatoms. The molecule has 0 aromatic carbocycles. The fourth-order valence-corrected chi connectivity index (χ4v) is 2.78. The Kier molecular flexibility index (Phi) is 2.56. The number of hydrogen-bond acceptors (Lipinski definition) is 4. The van der Waals surface area contributed by atoms with Crippen LogP contribution in [0, 0.1) is 0 Å². The molecule has 0 bridgehead atoms. The van der Waals surface area contributed by atoms with Crippen molar-refractivity contribution in [3.63, 3.8) is 0 Å². The van der Waals surface area contributed by atoms with Gasteiger partial charge in [0.2, 0.25) is 0 Å². The van der Waals surface area contributed by atoms with Gasteiger partial charge < -0.3 is 0 Å². The van der Waals surface area contributed by atoms with Crippen LogP contribution in [-0.2, 0) is 10.1 Å². The predicted octanol–water partition coefficient (Wildman–Crippen LogP) is 2.06. The highest BCUT2D eigenvalue weighted by Crippen LogP contribution is 2.29. The van der Waals surface area contributed by atoms with Gasteiger partial charge in [-0.3, -0.25) is 9.54 Å². The van der Waals surface area contributed by atoms with Gasteiger partial charge in [-0.2, -0.15) is 8.42 Å². The molecule has 2 heterocycles. The van der Waals surface area contributed by atoms with Crippen LogP contribution < -0.4 is 0 Å². The Hall–Kier alpha value is -1.24. The maximum absolute atomic E-state index is 10.8. The van der Waals surface area contributed by atoms with Crippen molar-refractivity contribution in [3.05, 3.63) is 36.7 Å². The van der Waals surface area contributed by atoms with Crippen LogP contribution in [-0.4, -0.2) is 18.0 Å². The minimum absolute atomic E-state index is 0.0543. The van der Waals surface area contributed by atoms with Crippen LogP contribution in [0.1, 0.15) is 0 Å². The van der Waals surface area contributed by atoms with Gasteiger partial charge in [0.05, 0.1) is 0 Å². The van der Waals surface area contributed by atoms with Gasteiger partial charge in [-0.25, -0.2) is 0 Å². The molecule has 0 spiro atoms. The second-order valence-corrected chi connectivity index (χ2v) is 5.57. The molecule has 2 aromatic heterocycles. The molecule has 2 rings (SSSR count). The van der Waals surface area contributed by atoms with E-state index in [1.54, 1.807) is 24.5 Å². The lowest BCUT2D eigenvalue weighted by molar-refractivity contribution is 0.485. The van der Waals surface area contributed by atoms with Crippen molar-refractivity contribution in [3.8, 4) is 10.4 Å². The maximum Gasteiger partial charge on any atom is 0.304 e. The molecular weight excluding hydrogens is 234 g/mol. The van der Waals surface area contributed by atoms with Crippen molar-refractivity contribution in [1.29, 1.82) is 0 Å². The Balaban J connectivity index is 2.46. The predicted molar refractivity (Wildman–Crippen MR) is 57.4 cm³/mol. The molecule has 0 amide bonds. The highest BCUT2D eigenvalue weighted by molar-refractivity contribution is 7.88. The first kappa shape index (κ1) is 10.3. The zero-order valence-electron chi connectivity index (χ0n) is 7.49. The largest absolute Gasteiger partial charge is 0.304 e. The summed E-state index contributed by atoms with van der Waals surface area (Å²) in [4.78, 5) is 4.69. The highest BCUT2D eigenvalue weighted by Gasteiger charge is 2.13. The van der Waals surface area contributed by atoms with Gasteiger partial charge in [-0.15, -0.1) is 11.3 Å². The number of aromatic nitrogens is 1. The standard InChI is InChI=1S/C9H7NO3S2/c11-15(12,13)9-4-3-8(14-9)7-2-1-5-10-6-7/h1-6H,(H,11,12,13). The van der Waals surface area contributed by atoms with E-state index in [-0.39, 0.29) is 4.21 Å². The van der Waals surface area contributed by atoms with Gasteiger partial charge >= 0.3 is 10.1 Å². The molecule has 2 aromatic rings. The van der Waals surface area contributed by atoms with E-state index < -0.39 is 10.1 Å². The van der Waals surface area contributed by atoms with Crippen molar-refractivity contribution in [2.24, 2.45) is 0 Å². The molecule has 0 atom stereocenters. The van der Waals surface area contributed by atoms with Crippen LogP contribution in [0.25, 0.3) is 10.4 Å². The van der Waals surface area contributed by atoms with E-state index in [4.69, 9.17) is 4.55 Å². The van der Waals surface area contributed by atoms with Gasteiger partial charge in [0.25, 0.3) is 0 Å². The molecule has 78 valence electrons. The lowest BCUT2D eigenvalue weighted by Gasteiger charge is -1.93. The van der Waals surface area contributed by atoms with Crippen LogP contribution in [0.5, 0.6) is 0 Å². The molecule has 0 radical (unpaired) electrons. The fourth-order valence-electron chi connectivity index (χ4n) is 1.12. The third-order valence-electron chi connectivity index (χ3n) is 1.78. The normalized spacial score (nSPS) is 11.5. The van der Waals surface area contributed by atoms with Gasteiger partial charge in [0.15, 0.2) is 0 Å². The zero-order valence-corrected chi connectivity index (χ0v) is 9.12. The van der Waals surface area contributed by atoms with E-state index in [0.29, 0.717) is 0 Å². The van der Waals surface area contributed by atoms with Crippen molar-refractivity contribution < 1.29 is 13.0 Å². The maximum atomic E-state index is 10.8. The van der Waals surface area contributed by atoms with E-state index in [9.17, 15) is 8.42 Å². The molecular formula is C9H7NO3S2. The Morgan fingerprint density at radius 1 is 1.27 bits per heavy atom. The molecule has 0 aliphatic heterocycles. The average Bonchev–Trinajstić information content (AvgIpc) is 2.67. The van der Waals surface area contributed by atoms with E-state index in [1.807, 2.05) is 6.07 Å². The van der Waals surface area contributed by atoms with E-state index in [1.165, 1.54) is 6.07 Å². The first-order valence-electron chi connectivity index (χ1n) is 4.05. The Labute approximate surface area is 91.0 Å². The number of hydrogen-bond donors (Lipinski definition) is 1. The molecule has 0 fully saturated rings. The Morgan fingerprint density at radius 2 is 2.07 bits per heavy atom. The van der Waals surface area contributed by atoms with Gasteiger partial charge in [-0.05, 0) is 18.2 Å². The smallest absolute Gasteiger partial charge is 0.281 e. The van der Waals surface area contributed by atoms with Crippen molar-refractivity contribution in [1.82, 2.24) is 4.98 Å². The van der Waals surface area contributed by atoms with Crippen molar-refractivity contribution >= 4 is 21.5 Å². The van der Waals surface area contributed by atoms with Crippen LogP contribution in [0.4, 0.5) is 0 Å². The van der Waals surface area contributed by atoms with E-state index >= 15 is 0 Å². The van der Waals surface area contributed by atoms with Crippen molar-refractivity contribution in [2.45, 2.75) is 4.21 Å². The first-order chi connectivity index (χ1) is 7.07. The second-order valence-electron chi connectivity index (χ2n) is 2.84. The van der Waals surface area contributed by atoms with E-state index in [0.717, 1.165) is 21.8 Å². The molecule has 0 unspecified atom stereocenters. The minimum atomic E-state index is -4.09. The monoisotopic (exact) mass is 241 g/mol. The van der Waals surface area contributed by atoms with Crippen LogP contribution >= 0.6 is 11.3 Å². The topological polar surface area (TPSA) is 67.3 Å². The quantitative estimate of drug-likeness (QED) is 0.817. The Morgan fingerprint density at radius 3 is 2.60 bits per heavy atom. The highest BCUT2D eigenvalue weighted by atomic mass is 32.3. The number of thiophene rings is 1. The summed E-state index contributed by atoms with van der Waals surface area (Å²) >= 11 is 1.01. The van der Waals surface area contributed by atoms with Crippen LogP contribution in [0.2, 0.25) is 0 Å². The SMILES string of the molecule is O=S(=O)(O)c1ccc(-c2cccnc2)s1. The van der Waals surface area contributed by atoms with Crippen LogP contribution in [0.3, 0.4) is 0 Å². The number of pyridine rings is 1. The molecule has 0 saturated carbocycles. The molecule has 0 saturated heterocycles. The third kappa shape index (κ3) is 2.23. The molecule has 1 N–H and O–H groups in total. The van der Waals surface area contributed by atoms with Gasteiger partial charge in [0.1, 0.15) is 4.21 Å². The summed E-state index contributed by atoms with van der Waals surface area (Å²) in [5, 5.41) is 0. The average molecular weight is 241 g/mol. The minimum Gasteiger partial charge on any atom is -0.281 e. The lowest BCUT2D eigenvalue weighted by Crippen LogP contribution is -1.92. The number of rotatable bonds is 2. The van der Waals surface area contributed by atoms with Gasteiger partial charge in [0, 0.05) is 22.8 Å². The molecule has 0 aliphatic rings. The summed E-state index contributed by atoms with van der Waals surface area (Å²) in [7, 11) is -4.09. The van der Waals surface area contributed by atoms with Crippen molar-refractivity contribution in [2.75, 3.05) is 0 Å². The lowest BCUT2D eigenvalue weighted by atomic mass is 10.2. The summed E-state index contributed by atoms with van der Waals surface area (Å²) in [6, 6.07) is 6.61. The molecule has 4 nitrogen and oxygen atoms in total.